The Morgan fingerprint density at radius 1 is 1.53 bits per heavy atom. The minimum absolute atomic E-state index is 0.0444. The van der Waals surface area contributed by atoms with Gasteiger partial charge in [-0.1, -0.05) is 6.92 Å². The van der Waals surface area contributed by atoms with Gasteiger partial charge in [0.2, 0.25) is 5.91 Å². The summed E-state index contributed by atoms with van der Waals surface area (Å²) in [5.74, 6) is 1.74. The van der Waals surface area contributed by atoms with Crippen LogP contribution in [-0.4, -0.2) is 42.6 Å². The number of carbonyl (C=O) groups is 1. The van der Waals surface area contributed by atoms with Gasteiger partial charge in [-0.2, -0.15) is 0 Å². The molecule has 2 heterocycles. The first-order chi connectivity index (χ1) is 8.26. The van der Waals surface area contributed by atoms with E-state index in [1.807, 2.05) is 11.9 Å². The van der Waals surface area contributed by atoms with Crippen molar-refractivity contribution in [3.8, 4) is 0 Å². The van der Waals surface area contributed by atoms with Crippen molar-refractivity contribution in [1.82, 2.24) is 15.3 Å². The lowest BCUT2D eigenvalue weighted by atomic mass is 10.2. The second-order valence-corrected chi connectivity index (χ2v) is 3.90. The normalized spacial score (nSPS) is 15.6. The molecule has 1 saturated heterocycles. The number of hydrogen-bond donors (Lipinski definition) is 2. The smallest absolute Gasteiger partial charge is 0.239 e. The van der Waals surface area contributed by atoms with E-state index in [1.165, 1.54) is 6.33 Å². The number of aromatic nitrogens is 2. The third-order valence-corrected chi connectivity index (χ3v) is 2.85. The molecule has 1 aliphatic rings. The van der Waals surface area contributed by atoms with Crippen molar-refractivity contribution in [2.24, 2.45) is 0 Å². The molecule has 6 heteroatoms. The fourth-order valence-electron chi connectivity index (χ4n) is 2.04. The van der Waals surface area contributed by atoms with Crippen molar-refractivity contribution >= 4 is 17.5 Å². The predicted molar refractivity (Wildman–Crippen MR) is 66.2 cm³/mol. The third kappa shape index (κ3) is 2.30. The van der Waals surface area contributed by atoms with Gasteiger partial charge in [0.15, 0.2) is 0 Å². The van der Waals surface area contributed by atoms with Crippen LogP contribution in [0, 0.1) is 0 Å². The van der Waals surface area contributed by atoms with Gasteiger partial charge in [0.05, 0.1) is 6.54 Å². The molecule has 0 radical (unpaired) electrons. The molecule has 1 amide bonds. The lowest BCUT2D eigenvalue weighted by Gasteiger charge is -2.29. The Balaban J connectivity index is 2.33. The number of anilines is 2. The zero-order chi connectivity index (χ0) is 12.3. The summed E-state index contributed by atoms with van der Waals surface area (Å²) >= 11 is 0. The molecule has 1 aromatic heterocycles. The zero-order valence-electron chi connectivity index (χ0n) is 10.2. The van der Waals surface area contributed by atoms with Crippen LogP contribution >= 0.6 is 0 Å². The van der Waals surface area contributed by atoms with E-state index in [2.05, 4.69) is 27.5 Å². The molecular formula is C11H17N5O. The first kappa shape index (κ1) is 11.6. The fourth-order valence-corrected chi connectivity index (χ4v) is 2.04. The standard InChI is InChI=1S/C11H17N5O/c1-3-8-10(12-2)14-7-15-11(8)16-5-4-13-9(17)6-16/h7H,3-6H2,1-2H3,(H,13,17)(H,12,14,15). The van der Waals surface area contributed by atoms with Gasteiger partial charge in [0.1, 0.15) is 18.0 Å². The quantitative estimate of drug-likeness (QED) is 0.772. The molecule has 0 saturated carbocycles. The molecule has 92 valence electrons. The summed E-state index contributed by atoms with van der Waals surface area (Å²) < 4.78 is 0. The molecule has 17 heavy (non-hydrogen) atoms. The monoisotopic (exact) mass is 235 g/mol. The van der Waals surface area contributed by atoms with Crippen molar-refractivity contribution in [1.29, 1.82) is 0 Å². The molecule has 1 fully saturated rings. The van der Waals surface area contributed by atoms with Crippen LogP contribution < -0.4 is 15.5 Å². The topological polar surface area (TPSA) is 70.2 Å². The highest BCUT2D eigenvalue weighted by atomic mass is 16.2. The average molecular weight is 235 g/mol. The lowest BCUT2D eigenvalue weighted by molar-refractivity contribution is -0.120. The van der Waals surface area contributed by atoms with Gasteiger partial charge in [0, 0.05) is 25.7 Å². The van der Waals surface area contributed by atoms with E-state index in [0.29, 0.717) is 13.1 Å². The molecule has 2 rings (SSSR count). The van der Waals surface area contributed by atoms with E-state index in [9.17, 15) is 4.79 Å². The van der Waals surface area contributed by atoms with Crippen molar-refractivity contribution in [2.45, 2.75) is 13.3 Å². The van der Waals surface area contributed by atoms with Gasteiger partial charge in [-0.05, 0) is 6.42 Å². The minimum atomic E-state index is 0.0444. The number of nitrogens with zero attached hydrogens (tertiary/aromatic N) is 3. The number of rotatable bonds is 3. The van der Waals surface area contributed by atoms with E-state index in [1.54, 1.807) is 0 Å². The van der Waals surface area contributed by atoms with Crippen molar-refractivity contribution in [2.75, 3.05) is 36.9 Å². The first-order valence-corrected chi connectivity index (χ1v) is 5.79. The van der Waals surface area contributed by atoms with Gasteiger partial charge in [0.25, 0.3) is 0 Å². The van der Waals surface area contributed by atoms with Gasteiger partial charge in [-0.25, -0.2) is 9.97 Å². The van der Waals surface area contributed by atoms with Crippen LogP contribution in [0.4, 0.5) is 11.6 Å². The van der Waals surface area contributed by atoms with Crippen LogP contribution in [0.5, 0.6) is 0 Å². The third-order valence-electron chi connectivity index (χ3n) is 2.85. The van der Waals surface area contributed by atoms with Crippen LogP contribution in [0.1, 0.15) is 12.5 Å². The fraction of sp³-hybridized carbons (Fsp3) is 0.545. The van der Waals surface area contributed by atoms with Crippen molar-refractivity contribution < 1.29 is 4.79 Å². The van der Waals surface area contributed by atoms with Crippen LogP contribution in [0.15, 0.2) is 6.33 Å². The van der Waals surface area contributed by atoms with E-state index < -0.39 is 0 Å². The molecule has 0 aromatic carbocycles. The Morgan fingerprint density at radius 3 is 3.00 bits per heavy atom. The predicted octanol–water partition coefficient (Wildman–Crippen LogP) is 0.0169. The highest BCUT2D eigenvalue weighted by Gasteiger charge is 2.21. The summed E-state index contributed by atoms with van der Waals surface area (Å²) in [7, 11) is 1.84. The van der Waals surface area contributed by atoms with Gasteiger partial charge in [-0.15, -0.1) is 0 Å². The molecule has 1 aromatic rings. The Kier molecular flexibility index (Phi) is 3.41. The summed E-state index contributed by atoms with van der Waals surface area (Å²) in [6, 6.07) is 0. The number of carbonyl (C=O) groups excluding carboxylic acids is 1. The summed E-state index contributed by atoms with van der Waals surface area (Å²) in [4.78, 5) is 21.9. The van der Waals surface area contributed by atoms with Crippen molar-refractivity contribution in [3.05, 3.63) is 11.9 Å². The molecule has 6 nitrogen and oxygen atoms in total. The molecule has 2 N–H and O–H groups in total. The maximum absolute atomic E-state index is 11.4. The summed E-state index contributed by atoms with van der Waals surface area (Å²) in [6.07, 6.45) is 2.37. The number of amides is 1. The molecule has 1 aliphatic heterocycles. The van der Waals surface area contributed by atoms with Gasteiger partial charge >= 0.3 is 0 Å². The summed E-state index contributed by atoms with van der Waals surface area (Å²) in [5.41, 5.74) is 1.06. The maximum atomic E-state index is 11.4. The van der Waals surface area contributed by atoms with Crippen LogP contribution in [0.2, 0.25) is 0 Å². The number of hydrogen-bond acceptors (Lipinski definition) is 5. The number of piperazine rings is 1. The van der Waals surface area contributed by atoms with E-state index >= 15 is 0 Å². The van der Waals surface area contributed by atoms with Crippen molar-refractivity contribution in [3.63, 3.8) is 0 Å². The van der Waals surface area contributed by atoms with Gasteiger partial charge < -0.3 is 15.5 Å². The molecule has 0 atom stereocenters. The first-order valence-electron chi connectivity index (χ1n) is 5.79. The molecule has 0 unspecified atom stereocenters. The summed E-state index contributed by atoms with van der Waals surface area (Å²) in [5, 5.41) is 5.87. The van der Waals surface area contributed by atoms with Gasteiger partial charge in [-0.3, -0.25) is 4.79 Å². The Labute approximate surface area is 100 Å². The number of nitrogens with one attached hydrogen (secondary N) is 2. The Morgan fingerprint density at radius 2 is 2.35 bits per heavy atom. The van der Waals surface area contributed by atoms with E-state index in [-0.39, 0.29) is 5.91 Å². The Hall–Kier alpha value is -1.85. The largest absolute Gasteiger partial charge is 0.373 e. The SMILES string of the molecule is CCc1c(NC)ncnc1N1CCNC(=O)C1. The average Bonchev–Trinajstić information content (AvgIpc) is 2.37. The second kappa shape index (κ2) is 4.99. The Bertz CT molecular complexity index is 420. The lowest BCUT2D eigenvalue weighted by Crippen LogP contribution is -2.48. The van der Waals surface area contributed by atoms with Crippen LogP contribution in [-0.2, 0) is 11.2 Å². The van der Waals surface area contributed by atoms with Crippen LogP contribution in [0.25, 0.3) is 0 Å². The molecule has 0 bridgehead atoms. The summed E-state index contributed by atoms with van der Waals surface area (Å²) in [6.45, 7) is 3.89. The molecular weight excluding hydrogens is 218 g/mol. The zero-order valence-corrected chi connectivity index (χ0v) is 10.2. The second-order valence-electron chi connectivity index (χ2n) is 3.90. The molecule has 0 spiro atoms. The highest BCUT2D eigenvalue weighted by molar-refractivity contribution is 5.82. The minimum Gasteiger partial charge on any atom is -0.373 e. The highest BCUT2D eigenvalue weighted by Crippen LogP contribution is 2.23. The van der Waals surface area contributed by atoms with Crippen LogP contribution in [0.3, 0.4) is 0 Å². The van der Waals surface area contributed by atoms with E-state index in [0.717, 1.165) is 30.2 Å². The maximum Gasteiger partial charge on any atom is 0.239 e. The van der Waals surface area contributed by atoms with E-state index in [4.69, 9.17) is 0 Å². The molecule has 0 aliphatic carbocycles.